The van der Waals surface area contributed by atoms with Gasteiger partial charge in [-0.1, -0.05) is 13.8 Å². The van der Waals surface area contributed by atoms with E-state index in [1.807, 2.05) is 6.26 Å². The summed E-state index contributed by atoms with van der Waals surface area (Å²) in [5.41, 5.74) is 0. The number of methoxy groups -OCH3 is 1. The minimum absolute atomic E-state index is 0.0546. The molecule has 0 bridgehead atoms. The molecule has 1 unspecified atom stereocenters. The average Bonchev–Trinajstić information content (AvgIpc) is 2.45. The lowest BCUT2D eigenvalue weighted by Crippen LogP contribution is -2.46. The number of carbonyl (C=O) groups is 2. The lowest BCUT2D eigenvalue weighted by atomic mass is 10.0. The molecule has 0 saturated heterocycles. The van der Waals surface area contributed by atoms with E-state index in [4.69, 9.17) is 9.84 Å². The van der Waals surface area contributed by atoms with Crippen LogP contribution >= 0.6 is 11.8 Å². The maximum Gasteiger partial charge on any atom is 0.314 e. The highest BCUT2D eigenvalue weighted by Gasteiger charge is 2.25. The van der Waals surface area contributed by atoms with E-state index in [-0.39, 0.29) is 23.7 Å². The van der Waals surface area contributed by atoms with E-state index < -0.39 is 12.1 Å². The van der Waals surface area contributed by atoms with Gasteiger partial charge in [0.15, 0.2) is 0 Å². The molecule has 0 saturated carbocycles. The van der Waals surface area contributed by atoms with Crippen LogP contribution in [0.2, 0.25) is 0 Å². The molecule has 0 aliphatic rings. The van der Waals surface area contributed by atoms with Gasteiger partial charge in [-0.05, 0) is 19.1 Å². The summed E-state index contributed by atoms with van der Waals surface area (Å²) in [6.45, 7) is 4.98. The summed E-state index contributed by atoms with van der Waals surface area (Å²) in [7, 11) is 1.43. The summed E-state index contributed by atoms with van der Waals surface area (Å²) in [6.07, 6.45) is 3.35. The van der Waals surface area contributed by atoms with Crippen molar-refractivity contribution in [3.05, 3.63) is 0 Å². The van der Waals surface area contributed by atoms with Gasteiger partial charge in [-0.2, -0.15) is 11.8 Å². The lowest BCUT2D eigenvalue weighted by molar-refractivity contribution is -0.139. The van der Waals surface area contributed by atoms with Crippen LogP contribution in [0.5, 0.6) is 0 Å². The van der Waals surface area contributed by atoms with E-state index in [9.17, 15) is 9.59 Å². The summed E-state index contributed by atoms with van der Waals surface area (Å²) in [6, 6.07) is -0.294. The van der Waals surface area contributed by atoms with Gasteiger partial charge in [-0.3, -0.25) is 4.79 Å². The molecule has 0 aromatic carbocycles. The van der Waals surface area contributed by atoms with Crippen LogP contribution in [0.3, 0.4) is 0 Å². The van der Waals surface area contributed by atoms with Crippen LogP contribution in [-0.4, -0.2) is 54.4 Å². The average molecular weight is 306 g/mol. The molecule has 6 nitrogen and oxygen atoms in total. The fourth-order valence-electron chi connectivity index (χ4n) is 1.80. The van der Waals surface area contributed by atoms with Crippen molar-refractivity contribution >= 4 is 23.8 Å². The Balaban J connectivity index is 4.13. The maximum atomic E-state index is 11.7. The zero-order valence-electron chi connectivity index (χ0n) is 12.7. The molecule has 7 heteroatoms. The molecule has 0 rings (SSSR count). The number of amides is 2. The Morgan fingerprint density at radius 1 is 1.30 bits per heavy atom. The van der Waals surface area contributed by atoms with Gasteiger partial charge < -0.3 is 20.5 Å². The number of rotatable bonds is 10. The van der Waals surface area contributed by atoms with Gasteiger partial charge in [0.2, 0.25) is 0 Å². The number of urea groups is 1. The van der Waals surface area contributed by atoms with E-state index in [2.05, 4.69) is 24.5 Å². The zero-order valence-corrected chi connectivity index (χ0v) is 13.5. The summed E-state index contributed by atoms with van der Waals surface area (Å²) in [5, 5.41) is 14.1. The van der Waals surface area contributed by atoms with Crippen LogP contribution in [0.4, 0.5) is 4.79 Å². The Labute approximate surface area is 125 Å². The van der Waals surface area contributed by atoms with Gasteiger partial charge in [0, 0.05) is 24.9 Å². The second kappa shape index (κ2) is 9.88. The topological polar surface area (TPSA) is 87.7 Å². The third kappa shape index (κ3) is 7.00. The van der Waals surface area contributed by atoms with Gasteiger partial charge in [0.25, 0.3) is 0 Å². The van der Waals surface area contributed by atoms with Crippen molar-refractivity contribution in [2.45, 2.75) is 44.0 Å². The number of nitrogens with one attached hydrogen (secondary N) is 2. The fourth-order valence-corrected chi connectivity index (χ4v) is 2.60. The van der Waals surface area contributed by atoms with E-state index in [1.54, 1.807) is 11.8 Å². The first-order chi connectivity index (χ1) is 9.42. The molecule has 0 aliphatic heterocycles. The quantitative estimate of drug-likeness (QED) is 0.572. The fraction of sp³-hybridized carbons (Fsp3) is 0.846. The summed E-state index contributed by atoms with van der Waals surface area (Å²) < 4.78 is 5.05. The monoisotopic (exact) mass is 306 g/mol. The minimum Gasteiger partial charge on any atom is -0.481 e. The lowest BCUT2D eigenvalue weighted by Gasteiger charge is -2.29. The van der Waals surface area contributed by atoms with E-state index in [0.717, 1.165) is 12.8 Å². The van der Waals surface area contributed by atoms with Gasteiger partial charge in [-0.25, -0.2) is 4.79 Å². The van der Waals surface area contributed by atoms with Gasteiger partial charge in [-0.15, -0.1) is 0 Å². The Morgan fingerprint density at radius 3 is 2.30 bits per heavy atom. The Hall–Kier alpha value is -0.950. The second-order valence-electron chi connectivity index (χ2n) is 4.61. The zero-order chi connectivity index (χ0) is 15.6. The Morgan fingerprint density at radius 2 is 1.90 bits per heavy atom. The molecule has 2 amide bonds. The highest BCUT2D eigenvalue weighted by molar-refractivity contribution is 8.00. The number of ether oxygens (including phenoxy) is 1. The standard InChI is InChI=1S/C13H26N2O4S/c1-5-13(6-2,20-4)9-15-12(18)14-8-10(19-3)7-11(16)17/h10H,5-9H2,1-4H3,(H,16,17)(H2,14,15,18). The van der Waals surface area contributed by atoms with Crippen LogP contribution in [0.1, 0.15) is 33.1 Å². The number of thioether (sulfide) groups is 1. The van der Waals surface area contributed by atoms with Crippen LogP contribution in [-0.2, 0) is 9.53 Å². The van der Waals surface area contributed by atoms with E-state index in [1.165, 1.54) is 7.11 Å². The molecule has 0 heterocycles. The van der Waals surface area contributed by atoms with E-state index in [0.29, 0.717) is 6.54 Å². The first-order valence-electron chi connectivity index (χ1n) is 6.74. The van der Waals surface area contributed by atoms with Crippen LogP contribution in [0.25, 0.3) is 0 Å². The third-order valence-electron chi connectivity index (χ3n) is 3.52. The van der Waals surface area contributed by atoms with Crippen LogP contribution in [0.15, 0.2) is 0 Å². The molecule has 0 fully saturated rings. The SMILES string of the molecule is CCC(CC)(CNC(=O)NCC(CC(=O)O)OC)SC. The number of aliphatic carboxylic acids is 1. The normalized spacial score (nSPS) is 12.8. The van der Waals surface area contributed by atoms with Crippen molar-refractivity contribution in [2.24, 2.45) is 0 Å². The molecular weight excluding hydrogens is 280 g/mol. The van der Waals surface area contributed by atoms with Crippen molar-refractivity contribution in [1.29, 1.82) is 0 Å². The molecule has 0 aliphatic carbocycles. The van der Waals surface area contributed by atoms with Crippen LogP contribution in [0, 0.1) is 0 Å². The highest BCUT2D eigenvalue weighted by atomic mass is 32.2. The number of carboxylic acids is 1. The summed E-state index contributed by atoms with van der Waals surface area (Å²) in [5.74, 6) is -0.947. The maximum absolute atomic E-state index is 11.7. The van der Waals surface area contributed by atoms with Crippen molar-refractivity contribution < 1.29 is 19.4 Å². The highest BCUT2D eigenvalue weighted by Crippen LogP contribution is 2.29. The first-order valence-corrected chi connectivity index (χ1v) is 7.96. The smallest absolute Gasteiger partial charge is 0.314 e. The minimum atomic E-state index is -0.947. The molecule has 0 aromatic rings. The molecule has 3 N–H and O–H groups in total. The van der Waals surface area contributed by atoms with Crippen molar-refractivity contribution in [3.8, 4) is 0 Å². The Bertz CT molecular complexity index is 300. The molecule has 20 heavy (non-hydrogen) atoms. The first kappa shape index (κ1) is 19.1. The summed E-state index contributed by atoms with van der Waals surface area (Å²) >= 11 is 1.75. The summed E-state index contributed by atoms with van der Waals surface area (Å²) in [4.78, 5) is 22.3. The molecule has 0 aromatic heterocycles. The molecular formula is C13H26N2O4S. The molecule has 118 valence electrons. The van der Waals surface area contributed by atoms with Crippen LogP contribution < -0.4 is 10.6 Å². The van der Waals surface area contributed by atoms with E-state index >= 15 is 0 Å². The largest absolute Gasteiger partial charge is 0.481 e. The van der Waals surface area contributed by atoms with Crippen molar-refractivity contribution in [3.63, 3.8) is 0 Å². The molecule has 0 spiro atoms. The predicted molar refractivity (Wildman–Crippen MR) is 81.3 cm³/mol. The second-order valence-corrected chi connectivity index (χ2v) is 5.89. The molecule has 1 atom stereocenters. The number of carbonyl (C=O) groups excluding carboxylic acids is 1. The molecule has 0 radical (unpaired) electrons. The number of hydrogen-bond acceptors (Lipinski definition) is 4. The van der Waals surface area contributed by atoms with Gasteiger partial charge in [0.05, 0.1) is 12.5 Å². The number of hydrogen-bond donors (Lipinski definition) is 3. The van der Waals surface area contributed by atoms with Crippen molar-refractivity contribution in [1.82, 2.24) is 10.6 Å². The van der Waals surface area contributed by atoms with Gasteiger partial charge >= 0.3 is 12.0 Å². The van der Waals surface area contributed by atoms with Crippen molar-refractivity contribution in [2.75, 3.05) is 26.5 Å². The van der Waals surface area contributed by atoms with Gasteiger partial charge in [0.1, 0.15) is 0 Å². The predicted octanol–water partition coefficient (Wildman–Crippen LogP) is 1.70. The number of carboxylic acid groups (broad SMARTS) is 1. The Kier molecular flexibility index (Phi) is 9.41. The third-order valence-corrected chi connectivity index (χ3v) is 5.11.